The van der Waals surface area contributed by atoms with Crippen LogP contribution in [-0.2, 0) is 10.8 Å². The number of benzene rings is 6. The summed E-state index contributed by atoms with van der Waals surface area (Å²) < 4.78 is 2.47. The Morgan fingerprint density at radius 1 is 0.467 bits per heavy atom. The number of nitrogens with zero attached hydrogens (tertiary/aromatic N) is 2. The van der Waals surface area contributed by atoms with Crippen LogP contribution in [0.25, 0.3) is 38.6 Å². The Labute approximate surface area is 266 Å². The van der Waals surface area contributed by atoms with Crippen LogP contribution < -0.4 is 4.90 Å². The summed E-state index contributed by atoms with van der Waals surface area (Å²) in [5, 5.41) is 2.54. The number of hydrogen-bond donors (Lipinski definition) is 0. The highest BCUT2D eigenvalue weighted by Crippen LogP contribution is 2.50. The van der Waals surface area contributed by atoms with E-state index in [1.54, 1.807) is 0 Å². The van der Waals surface area contributed by atoms with Crippen LogP contribution in [0.1, 0.15) is 45.2 Å². The molecule has 1 aliphatic rings. The van der Waals surface area contributed by atoms with Crippen molar-refractivity contribution < 1.29 is 0 Å². The van der Waals surface area contributed by atoms with Crippen LogP contribution in [0.15, 0.2) is 146 Å². The first-order chi connectivity index (χ1) is 21.8. The van der Waals surface area contributed by atoms with Crippen LogP contribution in [0.5, 0.6) is 0 Å². The number of para-hydroxylation sites is 2. The molecule has 0 N–H and O–H groups in total. The fourth-order valence-corrected chi connectivity index (χ4v) is 7.95. The monoisotopic (exact) mass is 582 g/mol. The molecule has 45 heavy (non-hydrogen) atoms. The van der Waals surface area contributed by atoms with Gasteiger partial charge in [0, 0.05) is 33.5 Å². The van der Waals surface area contributed by atoms with Gasteiger partial charge in [0.15, 0.2) is 0 Å². The van der Waals surface area contributed by atoms with Crippen molar-refractivity contribution in [3.8, 4) is 16.8 Å². The van der Waals surface area contributed by atoms with Crippen molar-refractivity contribution in [2.45, 2.75) is 44.9 Å². The largest absolute Gasteiger partial charge is 0.310 e. The van der Waals surface area contributed by atoms with Gasteiger partial charge in [0.05, 0.1) is 11.0 Å². The van der Waals surface area contributed by atoms with Crippen molar-refractivity contribution in [1.29, 1.82) is 0 Å². The quantitative estimate of drug-likeness (QED) is 0.196. The van der Waals surface area contributed by atoms with Crippen LogP contribution >= 0.6 is 0 Å². The normalized spacial score (nSPS) is 14.9. The third-order valence-corrected chi connectivity index (χ3v) is 9.77. The summed E-state index contributed by atoms with van der Waals surface area (Å²) in [6.45, 7) is 9.57. The van der Waals surface area contributed by atoms with Crippen molar-refractivity contribution in [3.63, 3.8) is 0 Å². The van der Waals surface area contributed by atoms with Gasteiger partial charge in [-0.1, -0.05) is 119 Å². The molecule has 0 atom stereocenters. The zero-order valence-corrected chi connectivity index (χ0v) is 26.5. The minimum Gasteiger partial charge on any atom is -0.310 e. The minimum atomic E-state index is 0.134. The van der Waals surface area contributed by atoms with E-state index in [4.69, 9.17) is 0 Å². The summed E-state index contributed by atoms with van der Waals surface area (Å²) in [6.07, 6.45) is 1.16. The van der Waals surface area contributed by atoms with Gasteiger partial charge in [0.2, 0.25) is 0 Å². The van der Waals surface area contributed by atoms with Crippen molar-refractivity contribution in [3.05, 3.63) is 157 Å². The zero-order chi connectivity index (χ0) is 30.8. The molecule has 0 spiro atoms. The predicted octanol–water partition coefficient (Wildman–Crippen LogP) is 11.9. The highest BCUT2D eigenvalue weighted by atomic mass is 15.1. The van der Waals surface area contributed by atoms with Gasteiger partial charge in [-0.05, 0) is 94.1 Å². The lowest BCUT2D eigenvalue weighted by Gasteiger charge is -2.26. The van der Waals surface area contributed by atoms with Gasteiger partial charge in [-0.2, -0.15) is 0 Å². The van der Waals surface area contributed by atoms with Crippen LogP contribution in [0.2, 0.25) is 0 Å². The highest BCUT2D eigenvalue weighted by Gasteiger charge is 2.41. The van der Waals surface area contributed by atoms with Crippen molar-refractivity contribution in [1.82, 2.24) is 4.57 Å². The standard InChI is InChI=1S/C43H38N2/c1-42(2)29-43(3,4)39-27-34(24-26-38(39)42)45-40-18-12-11-17-36(40)37-25-23-35(28-41(37)45)44(32-15-9-6-10-16-32)33-21-19-31(20-22-33)30-13-7-5-8-14-30/h5-28H,29H2,1-4H3. The summed E-state index contributed by atoms with van der Waals surface area (Å²) >= 11 is 0. The summed E-state index contributed by atoms with van der Waals surface area (Å²) in [4.78, 5) is 2.37. The lowest BCUT2D eigenvalue weighted by molar-refractivity contribution is 0.403. The number of aromatic nitrogens is 1. The van der Waals surface area contributed by atoms with Gasteiger partial charge in [0.25, 0.3) is 0 Å². The van der Waals surface area contributed by atoms with Crippen LogP contribution in [0.3, 0.4) is 0 Å². The Hall–Kier alpha value is -5.08. The van der Waals surface area contributed by atoms with Gasteiger partial charge in [-0.3, -0.25) is 0 Å². The van der Waals surface area contributed by atoms with E-state index in [1.807, 2.05) is 0 Å². The van der Waals surface area contributed by atoms with E-state index < -0.39 is 0 Å². The molecule has 220 valence electrons. The molecular weight excluding hydrogens is 544 g/mol. The molecule has 8 rings (SSSR count). The first kappa shape index (κ1) is 27.5. The minimum absolute atomic E-state index is 0.134. The van der Waals surface area contributed by atoms with E-state index in [2.05, 4.69) is 183 Å². The van der Waals surface area contributed by atoms with Crippen molar-refractivity contribution in [2.75, 3.05) is 4.90 Å². The van der Waals surface area contributed by atoms with Gasteiger partial charge in [0.1, 0.15) is 0 Å². The fourth-order valence-electron chi connectivity index (χ4n) is 7.95. The Balaban J connectivity index is 1.32. The number of anilines is 3. The summed E-state index contributed by atoms with van der Waals surface area (Å²) in [7, 11) is 0. The predicted molar refractivity (Wildman–Crippen MR) is 192 cm³/mol. The molecule has 0 amide bonds. The molecule has 0 bridgehead atoms. The molecule has 0 unspecified atom stereocenters. The fraction of sp³-hybridized carbons (Fsp3) is 0.163. The average Bonchev–Trinajstić information content (AvgIpc) is 3.48. The molecule has 6 aromatic carbocycles. The molecule has 2 heteroatoms. The van der Waals surface area contributed by atoms with E-state index in [0.717, 1.165) is 23.5 Å². The molecule has 0 aliphatic heterocycles. The SMILES string of the molecule is CC1(C)CC(C)(C)c2cc(-n3c4ccccc4c4ccc(N(c5ccccc5)c5ccc(-c6ccccc6)cc5)cc43)ccc21. The van der Waals surface area contributed by atoms with Gasteiger partial charge in [-0.25, -0.2) is 0 Å². The zero-order valence-electron chi connectivity index (χ0n) is 26.5. The molecule has 0 saturated heterocycles. The Bertz CT molecular complexity index is 2170. The highest BCUT2D eigenvalue weighted by molar-refractivity contribution is 6.10. The molecule has 0 radical (unpaired) electrons. The lowest BCUT2D eigenvalue weighted by Crippen LogP contribution is -2.18. The number of rotatable bonds is 5. The van der Waals surface area contributed by atoms with Gasteiger partial charge in [-0.15, -0.1) is 0 Å². The summed E-state index contributed by atoms with van der Waals surface area (Å²) in [5.41, 5.74) is 12.8. The molecule has 2 nitrogen and oxygen atoms in total. The maximum absolute atomic E-state index is 2.47. The van der Waals surface area contributed by atoms with Gasteiger partial charge < -0.3 is 9.47 Å². The molecule has 1 aromatic heterocycles. The smallest absolute Gasteiger partial charge is 0.0561 e. The summed E-state index contributed by atoms with van der Waals surface area (Å²) in [6, 6.07) is 53.1. The second kappa shape index (κ2) is 10.2. The van der Waals surface area contributed by atoms with Crippen LogP contribution in [0, 0.1) is 0 Å². The molecule has 7 aromatic rings. The van der Waals surface area contributed by atoms with E-state index in [-0.39, 0.29) is 10.8 Å². The van der Waals surface area contributed by atoms with E-state index >= 15 is 0 Å². The molecular formula is C43H38N2. The lowest BCUT2D eigenvalue weighted by atomic mass is 9.82. The topological polar surface area (TPSA) is 8.17 Å². The summed E-state index contributed by atoms with van der Waals surface area (Å²) in [5.74, 6) is 0. The second-order valence-electron chi connectivity index (χ2n) is 13.8. The third kappa shape index (κ3) is 4.56. The third-order valence-electron chi connectivity index (χ3n) is 9.77. The Kier molecular flexibility index (Phi) is 6.25. The van der Waals surface area contributed by atoms with E-state index in [1.165, 1.54) is 49.7 Å². The van der Waals surface area contributed by atoms with Crippen molar-refractivity contribution >= 4 is 38.9 Å². The number of hydrogen-bond acceptors (Lipinski definition) is 1. The van der Waals surface area contributed by atoms with Crippen LogP contribution in [-0.4, -0.2) is 4.57 Å². The maximum atomic E-state index is 2.47. The van der Waals surface area contributed by atoms with Crippen molar-refractivity contribution in [2.24, 2.45) is 0 Å². The molecule has 0 fully saturated rings. The Morgan fingerprint density at radius 3 is 1.80 bits per heavy atom. The van der Waals surface area contributed by atoms with Crippen LogP contribution in [0.4, 0.5) is 17.1 Å². The number of fused-ring (bicyclic) bond motifs is 4. The van der Waals surface area contributed by atoms with E-state index in [9.17, 15) is 0 Å². The molecule has 0 saturated carbocycles. The van der Waals surface area contributed by atoms with E-state index in [0.29, 0.717) is 0 Å². The molecule has 1 aliphatic carbocycles. The van der Waals surface area contributed by atoms with Gasteiger partial charge >= 0.3 is 0 Å². The molecule has 1 heterocycles. The Morgan fingerprint density at radius 2 is 1.04 bits per heavy atom. The first-order valence-electron chi connectivity index (χ1n) is 16.0. The second-order valence-corrected chi connectivity index (χ2v) is 13.8. The maximum Gasteiger partial charge on any atom is 0.0561 e. The first-order valence-corrected chi connectivity index (χ1v) is 16.0. The average molecular weight is 583 g/mol.